The quantitative estimate of drug-likeness (QED) is 0.859. The fourth-order valence-corrected chi connectivity index (χ4v) is 3.14. The highest BCUT2D eigenvalue weighted by molar-refractivity contribution is 5.89. The van der Waals surface area contributed by atoms with E-state index in [1.165, 1.54) is 0 Å². The molecule has 0 aliphatic carbocycles. The number of nitrogens with one attached hydrogen (secondary N) is 1. The van der Waals surface area contributed by atoms with Gasteiger partial charge in [-0.1, -0.05) is 0 Å². The number of carbonyl (C=O) groups excluding carboxylic acids is 2. The van der Waals surface area contributed by atoms with Crippen molar-refractivity contribution in [1.82, 2.24) is 5.32 Å². The van der Waals surface area contributed by atoms with Gasteiger partial charge in [0.15, 0.2) is 0 Å². The summed E-state index contributed by atoms with van der Waals surface area (Å²) >= 11 is 0. The minimum atomic E-state index is -0.502. The van der Waals surface area contributed by atoms with Gasteiger partial charge in [-0.25, -0.2) is 4.79 Å². The summed E-state index contributed by atoms with van der Waals surface area (Å²) < 4.78 is 10.8. The molecule has 1 N–H and O–H groups in total. The fraction of sp³-hybridized carbons (Fsp3) is 0.529. The lowest BCUT2D eigenvalue weighted by Crippen LogP contribution is -2.51. The van der Waals surface area contributed by atoms with Crippen LogP contribution < -0.4 is 10.2 Å². The largest absolute Gasteiger partial charge is 0.462 e. The SMILES string of the molecule is CCOC(=O)c1ccc(N2CCC3(CC2)NC(=O)C(C)O3)cc1. The Hall–Kier alpha value is -2.08. The Bertz CT molecular complexity index is 591. The molecule has 2 aliphatic rings. The third kappa shape index (κ3) is 3.17. The molecule has 6 heteroatoms. The second kappa shape index (κ2) is 6.20. The molecule has 1 atom stereocenters. The lowest BCUT2D eigenvalue weighted by Gasteiger charge is -2.39. The first-order chi connectivity index (χ1) is 11.0. The Kier molecular flexibility index (Phi) is 4.26. The normalized spacial score (nSPS) is 23.0. The first-order valence-electron chi connectivity index (χ1n) is 8.05. The topological polar surface area (TPSA) is 67.9 Å². The van der Waals surface area contributed by atoms with Crippen molar-refractivity contribution in [3.8, 4) is 0 Å². The highest BCUT2D eigenvalue weighted by atomic mass is 16.5. The molecule has 0 saturated carbocycles. The van der Waals surface area contributed by atoms with Gasteiger partial charge in [-0.05, 0) is 38.1 Å². The maximum absolute atomic E-state index is 11.7. The van der Waals surface area contributed by atoms with Crippen molar-refractivity contribution in [3.63, 3.8) is 0 Å². The molecule has 1 aromatic rings. The maximum Gasteiger partial charge on any atom is 0.338 e. The highest BCUT2D eigenvalue weighted by Gasteiger charge is 2.45. The van der Waals surface area contributed by atoms with Gasteiger partial charge in [0, 0.05) is 31.6 Å². The van der Waals surface area contributed by atoms with E-state index in [1.807, 2.05) is 12.1 Å². The Balaban J connectivity index is 1.62. The zero-order chi connectivity index (χ0) is 16.4. The number of hydrogen-bond donors (Lipinski definition) is 1. The Labute approximate surface area is 135 Å². The molecule has 2 saturated heterocycles. The van der Waals surface area contributed by atoms with Crippen molar-refractivity contribution in [3.05, 3.63) is 29.8 Å². The van der Waals surface area contributed by atoms with Crippen LogP contribution in [0.15, 0.2) is 24.3 Å². The van der Waals surface area contributed by atoms with Crippen LogP contribution in [0.1, 0.15) is 37.0 Å². The van der Waals surface area contributed by atoms with E-state index in [0.717, 1.165) is 31.6 Å². The Morgan fingerprint density at radius 3 is 2.52 bits per heavy atom. The van der Waals surface area contributed by atoms with Gasteiger partial charge in [-0.15, -0.1) is 0 Å². The van der Waals surface area contributed by atoms with Crippen LogP contribution in [0.3, 0.4) is 0 Å². The lowest BCUT2D eigenvalue weighted by atomic mass is 10.00. The van der Waals surface area contributed by atoms with Crippen molar-refractivity contribution in [2.75, 3.05) is 24.6 Å². The second-order valence-electron chi connectivity index (χ2n) is 6.00. The molecule has 6 nitrogen and oxygen atoms in total. The summed E-state index contributed by atoms with van der Waals surface area (Å²) in [4.78, 5) is 25.6. The van der Waals surface area contributed by atoms with E-state index in [4.69, 9.17) is 9.47 Å². The second-order valence-corrected chi connectivity index (χ2v) is 6.00. The number of rotatable bonds is 3. The minimum absolute atomic E-state index is 0.0303. The van der Waals surface area contributed by atoms with E-state index in [9.17, 15) is 9.59 Å². The molecule has 124 valence electrons. The third-order valence-corrected chi connectivity index (χ3v) is 4.44. The van der Waals surface area contributed by atoms with Crippen LogP contribution in [-0.2, 0) is 14.3 Å². The van der Waals surface area contributed by atoms with Crippen LogP contribution in [0, 0.1) is 0 Å². The van der Waals surface area contributed by atoms with Crippen LogP contribution in [-0.4, -0.2) is 43.4 Å². The smallest absolute Gasteiger partial charge is 0.338 e. The Morgan fingerprint density at radius 2 is 2.00 bits per heavy atom. The molecule has 1 spiro atoms. The predicted molar refractivity (Wildman–Crippen MR) is 85.3 cm³/mol. The van der Waals surface area contributed by atoms with E-state index < -0.39 is 5.72 Å². The van der Waals surface area contributed by atoms with Gasteiger partial charge in [0.1, 0.15) is 11.8 Å². The third-order valence-electron chi connectivity index (χ3n) is 4.44. The molecule has 0 aromatic heterocycles. The number of ether oxygens (including phenoxy) is 2. The molecule has 1 unspecified atom stereocenters. The van der Waals surface area contributed by atoms with Gasteiger partial charge in [-0.2, -0.15) is 0 Å². The van der Waals surface area contributed by atoms with Crippen LogP contribution in [0.4, 0.5) is 5.69 Å². The number of anilines is 1. The molecule has 2 fully saturated rings. The fourth-order valence-electron chi connectivity index (χ4n) is 3.14. The van der Waals surface area contributed by atoms with Crippen molar-refractivity contribution in [2.24, 2.45) is 0 Å². The molecule has 0 bridgehead atoms. The minimum Gasteiger partial charge on any atom is -0.462 e. The van der Waals surface area contributed by atoms with E-state index in [-0.39, 0.29) is 18.0 Å². The number of nitrogens with zero attached hydrogens (tertiary/aromatic N) is 1. The lowest BCUT2D eigenvalue weighted by molar-refractivity contribution is -0.123. The molecule has 0 radical (unpaired) electrons. The van der Waals surface area contributed by atoms with Crippen LogP contribution in [0.25, 0.3) is 0 Å². The van der Waals surface area contributed by atoms with E-state index in [1.54, 1.807) is 26.0 Å². The zero-order valence-corrected chi connectivity index (χ0v) is 13.5. The summed E-state index contributed by atoms with van der Waals surface area (Å²) in [5, 5.41) is 2.98. The summed E-state index contributed by atoms with van der Waals surface area (Å²) in [7, 11) is 0. The number of piperidine rings is 1. The van der Waals surface area contributed by atoms with Crippen molar-refractivity contribution >= 4 is 17.6 Å². The molecular weight excluding hydrogens is 296 g/mol. The molecule has 2 heterocycles. The van der Waals surface area contributed by atoms with Crippen molar-refractivity contribution < 1.29 is 19.1 Å². The molecule has 1 amide bonds. The monoisotopic (exact) mass is 318 g/mol. The summed E-state index contributed by atoms with van der Waals surface area (Å²) in [5.41, 5.74) is 1.12. The number of carbonyl (C=O) groups is 2. The molecular formula is C17H22N2O4. The summed E-state index contributed by atoms with van der Waals surface area (Å²) in [6, 6.07) is 7.43. The van der Waals surface area contributed by atoms with Gasteiger partial charge in [0.25, 0.3) is 5.91 Å². The van der Waals surface area contributed by atoms with E-state index in [2.05, 4.69) is 10.2 Å². The van der Waals surface area contributed by atoms with Crippen LogP contribution >= 0.6 is 0 Å². The van der Waals surface area contributed by atoms with Crippen molar-refractivity contribution in [2.45, 2.75) is 38.5 Å². The maximum atomic E-state index is 11.7. The van der Waals surface area contributed by atoms with Crippen LogP contribution in [0.5, 0.6) is 0 Å². The molecule has 23 heavy (non-hydrogen) atoms. The number of amides is 1. The standard InChI is InChI=1S/C17H22N2O4/c1-3-22-16(21)13-4-6-14(7-5-13)19-10-8-17(9-11-19)18-15(20)12(2)23-17/h4-7,12H,3,8-11H2,1-2H3,(H,18,20). The summed E-state index contributed by atoms with van der Waals surface area (Å²) in [6.45, 7) is 5.54. The first kappa shape index (κ1) is 15.8. The van der Waals surface area contributed by atoms with Gasteiger partial charge >= 0.3 is 5.97 Å². The van der Waals surface area contributed by atoms with Crippen molar-refractivity contribution in [1.29, 1.82) is 0 Å². The van der Waals surface area contributed by atoms with Gasteiger partial charge in [-0.3, -0.25) is 4.79 Å². The van der Waals surface area contributed by atoms with Crippen LogP contribution in [0.2, 0.25) is 0 Å². The van der Waals surface area contributed by atoms with Gasteiger partial charge < -0.3 is 19.7 Å². The molecule has 1 aromatic carbocycles. The van der Waals surface area contributed by atoms with Gasteiger partial charge in [0.05, 0.1) is 12.2 Å². The average molecular weight is 318 g/mol. The number of esters is 1. The summed E-state index contributed by atoms with van der Waals surface area (Å²) in [5.74, 6) is -0.329. The first-order valence-corrected chi connectivity index (χ1v) is 8.05. The van der Waals surface area contributed by atoms with E-state index in [0.29, 0.717) is 12.2 Å². The number of hydrogen-bond acceptors (Lipinski definition) is 5. The average Bonchev–Trinajstić information content (AvgIpc) is 2.82. The number of benzene rings is 1. The molecule has 3 rings (SSSR count). The van der Waals surface area contributed by atoms with E-state index >= 15 is 0 Å². The molecule has 2 aliphatic heterocycles. The van der Waals surface area contributed by atoms with Gasteiger partial charge in [0.2, 0.25) is 0 Å². The Morgan fingerprint density at radius 1 is 1.35 bits per heavy atom. The summed E-state index contributed by atoms with van der Waals surface area (Å²) in [6.07, 6.45) is 1.14. The zero-order valence-electron chi connectivity index (χ0n) is 13.5. The predicted octanol–water partition coefficient (Wildman–Crippen LogP) is 1.69. The highest BCUT2D eigenvalue weighted by Crippen LogP contribution is 2.31.